The molecule has 1 N–H and O–H groups in total. The van der Waals surface area contributed by atoms with Crippen molar-refractivity contribution in [1.82, 2.24) is 15.1 Å². The molecule has 1 unspecified atom stereocenters. The van der Waals surface area contributed by atoms with E-state index in [1.807, 2.05) is 0 Å². The number of nitrogens with one attached hydrogen (secondary N) is 1. The van der Waals surface area contributed by atoms with Crippen LogP contribution in [0.2, 0.25) is 0 Å². The third kappa shape index (κ3) is 3.67. The minimum absolute atomic E-state index is 0.453. The van der Waals surface area contributed by atoms with Crippen molar-refractivity contribution in [3.05, 3.63) is 0 Å². The molecule has 0 heterocycles. The van der Waals surface area contributed by atoms with Crippen LogP contribution in [0.25, 0.3) is 0 Å². The fraction of sp³-hybridized carbons (Fsp3) is 1.00. The third-order valence-electron chi connectivity index (χ3n) is 4.46. The maximum absolute atomic E-state index is 3.33. The number of hydrogen-bond acceptors (Lipinski definition) is 3. The quantitative estimate of drug-likeness (QED) is 0.699. The molecule has 0 aliphatic heterocycles. The van der Waals surface area contributed by atoms with Gasteiger partial charge in [0.15, 0.2) is 0 Å². The molecule has 0 bridgehead atoms. The molecule has 0 aromatic carbocycles. The lowest BCUT2D eigenvalue weighted by atomic mass is 9.75. The summed E-state index contributed by atoms with van der Waals surface area (Å²) in [7, 11) is 8.82. The average Bonchev–Trinajstić information content (AvgIpc) is 2.22. The minimum atomic E-state index is 0.453. The van der Waals surface area contributed by atoms with Crippen LogP contribution in [-0.2, 0) is 0 Å². The summed E-state index contributed by atoms with van der Waals surface area (Å²) in [6.45, 7) is 4.60. The zero-order valence-corrected chi connectivity index (χ0v) is 12.4. The molecule has 0 radical (unpaired) electrons. The van der Waals surface area contributed by atoms with Crippen molar-refractivity contribution in [2.75, 3.05) is 41.3 Å². The molecule has 3 heteroatoms. The first-order valence-electron chi connectivity index (χ1n) is 7.08. The second-order valence-electron chi connectivity index (χ2n) is 5.89. The number of likely N-dealkylation sites (N-methyl/N-ethyl adjacent to an activating group) is 3. The summed E-state index contributed by atoms with van der Waals surface area (Å²) in [5.41, 5.74) is 0.453. The standard InChI is InChI=1S/C14H31N3/c1-6-8-13(11-15-2)17(5)12-14(16(3)4)9-7-10-14/h13,15H,6-12H2,1-5H3. The Morgan fingerprint density at radius 2 is 1.88 bits per heavy atom. The Hall–Kier alpha value is -0.120. The van der Waals surface area contributed by atoms with Crippen molar-refractivity contribution in [3.8, 4) is 0 Å². The molecule has 0 saturated heterocycles. The molecule has 0 aromatic heterocycles. The molecule has 0 spiro atoms. The van der Waals surface area contributed by atoms with Crippen LogP contribution in [0.3, 0.4) is 0 Å². The Labute approximate surface area is 108 Å². The Morgan fingerprint density at radius 3 is 2.24 bits per heavy atom. The predicted molar refractivity (Wildman–Crippen MR) is 75.5 cm³/mol. The summed E-state index contributed by atoms with van der Waals surface area (Å²) in [6.07, 6.45) is 6.69. The Morgan fingerprint density at radius 1 is 1.24 bits per heavy atom. The number of rotatable bonds is 8. The van der Waals surface area contributed by atoms with Crippen molar-refractivity contribution in [1.29, 1.82) is 0 Å². The maximum Gasteiger partial charge on any atom is 0.0330 e. The van der Waals surface area contributed by atoms with Gasteiger partial charge in [-0.25, -0.2) is 0 Å². The maximum atomic E-state index is 3.33. The zero-order chi connectivity index (χ0) is 12.9. The molecule has 3 nitrogen and oxygen atoms in total. The molecule has 1 atom stereocenters. The van der Waals surface area contributed by atoms with E-state index in [0.717, 1.165) is 6.54 Å². The van der Waals surface area contributed by atoms with Gasteiger partial charge in [-0.1, -0.05) is 13.3 Å². The van der Waals surface area contributed by atoms with Crippen LogP contribution in [0.5, 0.6) is 0 Å². The van der Waals surface area contributed by atoms with Crippen molar-refractivity contribution < 1.29 is 0 Å². The van der Waals surface area contributed by atoms with E-state index < -0.39 is 0 Å². The van der Waals surface area contributed by atoms with Crippen LogP contribution in [0.1, 0.15) is 39.0 Å². The van der Waals surface area contributed by atoms with Gasteiger partial charge in [0.1, 0.15) is 0 Å². The number of nitrogens with zero attached hydrogens (tertiary/aromatic N) is 2. The Bertz CT molecular complexity index is 206. The number of hydrogen-bond donors (Lipinski definition) is 1. The third-order valence-corrected chi connectivity index (χ3v) is 4.46. The van der Waals surface area contributed by atoms with Gasteiger partial charge in [0.05, 0.1) is 0 Å². The van der Waals surface area contributed by atoms with Crippen molar-refractivity contribution in [2.24, 2.45) is 0 Å². The average molecular weight is 241 g/mol. The second-order valence-corrected chi connectivity index (χ2v) is 5.89. The SMILES string of the molecule is CCCC(CNC)N(C)CC1(N(C)C)CCC1. The molecule has 1 fully saturated rings. The van der Waals surface area contributed by atoms with Gasteiger partial charge >= 0.3 is 0 Å². The van der Waals surface area contributed by atoms with E-state index in [1.54, 1.807) is 0 Å². The van der Waals surface area contributed by atoms with Gasteiger partial charge in [0.25, 0.3) is 0 Å². The van der Waals surface area contributed by atoms with Gasteiger partial charge in [-0.15, -0.1) is 0 Å². The largest absolute Gasteiger partial charge is 0.318 e. The van der Waals surface area contributed by atoms with Crippen LogP contribution in [0.4, 0.5) is 0 Å². The topological polar surface area (TPSA) is 18.5 Å². The molecular formula is C14H31N3. The lowest BCUT2D eigenvalue weighted by Crippen LogP contribution is -2.58. The monoisotopic (exact) mass is 241 g/mol. The van der Waals surface area contributed by atoms with Crippen LogP contribution >= 0.6 is 0 Å². The summed E-state index contributed by atoms with van der Waals surface area (Å²) in [5, 5.41) is 3.33. The van der Waals surface area contributed by atoms with Crippen molar-refractivity contribution >= 4 is 0 Å². The van der Waals surface area contributed by atoms with Crippen molar-refractivity contribution in [3.63, 3.8) is 0 Å². The van der Waals surface area contributed by atoms with E-state index in [1.165, 1.54) is 38.6 Å². The molecule has 102 valence electrons. The van der Waals surface area contributed by atoms with Crippen LogP contribution in [0, 0.1) is 0 Å². The molecule has 1 aliphatic carbocycles. The van der Waals surface area contributed by atoms with Gasteiger partial charge in [0.2, 0.25) is 0 Å². The lowest BCUT2D eigenvalue weighted by Gasteiger charge is -2.50. The Balaban J connectivity index is 2.52. The zero-order valence-electron chi connectivity index (χ0n) is 12.4. The van der Waals surface area contributed by atoms with Gasteiger partial charge in [-0.3, -0.25) is 0 Å². The first kappa shape index (κ1) is 14.9. The van der Waals surface area contributed by atoms with Crippen molar-refractivity contribution in [2.45, 2.75) is 50.6 Å². The molecule has 0 amide bonds. The van der Waals surface area contributed by atoms with E-state index in [9.17, 15) is 0 Å². The van der Waals surface area contributed by atoms with Gasteiger partial charge in [-0.2, -0.15) is 0 Å². The molecule has 1 rings (SSSR count). The summed E-state index contributed by atoms with van der Waals surface area (Å²) in [5.74, 6) is 0. The fourth-order valence-corrected chi connectivity index (χ4v) is 2.97. The van der Waals surface area contributed by atoms with Crippen LogP contribution in [0.15, 0.2) is 0 Å². The fourth-order valence-electron chi connectivity index (χ4n) is 2.97. The predicted octanol–water partition coefficient (Wildman–Crippen LogP) is 1.79. The molecule has 1 saturated carbocycles. The highest BCUT2D eigenvalue weighted by Crippen LogP contribution is 2.37. The highest BCUT2D eigenvalue weighted by Gasteiger charge is 2.40. The molecular weight excluding hydrogens is 210 g/mol. The minimum Gasteiger partial charge on any atom is -0.318 e. The van der Waals surface area contributed by atoms with E-state index in [4.69, 9.17) is 0 Å². The highest BCUT2D eigenvalue weighted by atomic mass is 15.2. The van der Waals surface area contributed by atoms with E-state index in [0.29, 0.717) is 11.6 Å². The highest BCUT2D eigenvalue weighted by molar-refractivity contribution is 4.98. The van der Waals surface area contributed by atoms with E-state index >= 15 is 0 Å². The summed E-state index contributed by atoms with van der Waals surface area (Å²) in [6, 6.07) is 0.683. The lowest BCUT2D eigenvalue weighted by molar-refractivity contribution is 0.0151. The summed E-state index contributed by atoms with van der Waals surface area (Å²) >= 11 is 0. The molecule has 1 aliphatic rings. The Kier molecular flexibility index (Phi) is 5.90. The van der Waals surface area contributed by atoms with Crippen LogP contribution in [-0.4, -0.2) is 62.7 Å². The first-order valence-corrected chi connectivity index (χ1v) is 7.08. The normalized spacial score (nSPS) is 20.6. The van der Waals surface area contributed by atoms with E-state index in [-0.39, 0.29) is 0 Å². The van der Waals surface area contributed by atoms with Gasteiger partial charge in [-0.05, 0) is 53.9 Å². The van der Waals surface area contributed by atoms with Gasteiger partial charge < -0.3 is 15.1 Å². The second kappa shape index (κ2) is 6.72. The van der Waals surface area contributed by atoms with Crippen LogP contribution < -0.4 is 5.32 Å². The summed E-state index contributed by atoms with van der Waals surface area (Å²) < 4.78 is 0. The molecule has 0 aromatic rings. The first-order chi connectivity index (χ1) is 8.05. The molecule has 17 heavy (non-hydrogen) atoms. The van der Waals surface area contributed by atoms with Gasteiger partial charge in [0, 0.05) is 24.7 Å². The smallest absolute Gasteiger partial charge is 0.0330 e. The summed E-state index contributed by atoms with van der Waals surface area (Å²) in [4.78, 5) is 5.01. The van der Waals surface area contributed by atoms with E-state index in [2.05, 4.69) is 50.2 Å².